The fraction of sp³-hybridized carbons (Fsp3) is 0.364. The van der Waals surface area contributed by atoms with Crippen molar-refractivity contribution in [2.75, 3.05) is 0 Å². The Hall–Kier alpha value is -1.24. The third kappa shape index (κ3) is 4.64. The standard InChI is InChI=1S/C11H15NO4S/c1-8(13)11(14)12-10(17(15)16)7-9-5-3-2-4-6-9/h2-6,8,10,13H,7H2,1H3,(H,12,14)(H,15,16)/t8-,10+/m0/s1. The number of amides is 1. The average Bonchev–Trinajstić information content (AvgIpc) is 2.29. The van der Waals surface area contributed by atoms with E-state index in [1.54, 1.807) is 12.1 Å². The summed E-state index contributed by atoms with van der Waals surface area (Å²) in [6.07, 6.45) is -0.959. The van der Waals surface area contributed by atoms with E-state index >= 15 is 0 Å². The fourth-order valence-electron chi connectivity index (χ4n) is 1.28. The third-order valence-corrected chi connectivity index (χ3v) is 2.96. The van der Waals surface area contributed by atoms with Gasteiger partial charge >= 0.3 is 0 Å². The average molecular weight is 257 g/mol. The zero-order valence-electron chi connectivity index (χ0n) is 9.37. The summed E-state index contributed by atoms with van der Waals surface area (Å²) in [5.74, 6) is -0.659. The molecule has 1 aromatic rings. The first-order valence-electron chi connectivity index (χ1n) is 5.12. The van der Waals surface area contributed by atoms with E-state index in [1.165, 1.54) is 6.92 Å². The summed E-state index contributed by atoms with van der Waals surface area (Å²) < 4.78 is 20.2. The highest BCUT2D eigenvalue weighted by Crippen LogP contribution is 2.05. The van der Waals surface area contributed by atoms with Gasteiger partial charge in [0.25, 0.3) is 0 Å². The van der Waals surface area contributed by atoms with E-state index < -0.39 is 28.5 Å². The van der Waals surface area contributed by atoms with Crippen molar-refractivity contribution in [2.24, 2.45) is 0 Å². The minimum absolute atomic E-state index is 0.239. The van der Waals surface area contributed by atoms with Crippen LogP contribution in [0.1, 0.15) is 12.5 Å². The Labute approximate surface area is 102 Å². The molecule has 0 aliphatic carbocycles. The molecule has 0 bridgehead atoms. The van der Waals surface area contributed by atoms with Gasteiger partial charge in [-0.3, -0.25) is 4.79 Å². The van der Waals surface area contributed by atoms with Crippen LogP contribution in [0.4, 0.5) is 0 Å². The van der Waals surface area contributed by atoms with Gasteiger partial charge in [0.05, 0.1) is 0 Å². The number of benzene rings is 1. The van der Waals surface area contributed by atoms with Crippen LogP contribution in [0.3, 0.4) is 0 Å². The van der Waals surface area contributed by atoms with Crippen LogP contribution < -0.4 is 5.32 Å². The van der Waals surface area contributed by atoms with Crippen LogP contribution in [-0.4, -0.2) is 31.3 Å². The van der Waals surface area contributed by atoms with Crippen LogP contribution in [0.5, 0.6) is 0 Å². The van der Waals surface area contributed by atoms with E-state index in [4.69, 9.17) is 9.66 Å². The molecule has 0 saturated carbocycles. The number of hydrogen-bond acceptors (Lipinski definition) is 3. The van der Waals surface area contributed by atoms with Gasteiger partial charge in [0.2, 0.25) is 5.91 Å². The van der Waals surface area contributed by atoms with Crippen molar-refractivity contribution in [3.8, 4) is 0 Å². The van der Waals surface area contributed by atoms with Crippen molar-refractivity contribution < 1.29 is 18.7 Å². The Morgan fingerprint density at radius 2 is 2.00 bits per heavy atom. The summed E-state index contributed by atoms with van der Waals surface area (Å²) in [5.41, 5.74) is 0.839. The maximum absolute atomic E-state index is 11.2. The second-order valence-electron chi connectivity index (χ2n) is 3.64. The molecule has 0 heterocycles. The first-order chi connectivity index (χ1) is 8.00. The molecule has 3 N–H and O–H groups in total. The molecule has 0 aromatic heterocycles. The van der Waals surface area contributed by atoms with Gasteiger partial charge in [0.1, 0.15) is 11.5 Å². The Balaban J connectivity index is 2.68. The summed E-state index contributed by atoms with van der Waals surface area (Å²) in [5, 5.41) is 10.4. The molecule has 0 aliphatic rings. The predicted octanol–water partition coefficient (Wildman–Crippen LogP) is 0.274. The van der Waals surface area contributed by atoms with E-state index in [1.807, 2.05) is 18.2 Å². The van der Waals surface area contributed by atoms with Crippen molar-refractivity contribution >= 4 is 17.0 Å². The van der Waals surface area contributed by atoms with Gasteiger partial charge in [-0.25, -0.2) is 4.21 Å². The zero-order valence-corrected chi connectivity index (χ0v) is 10.2. The quantitative estimate of drug-likeness (QED) is 0.661. The summed E-state index contributed by atoms with van der Waals surface area (Å²) in [6, 6.07) is 9.05. The number of carbonyl (C=O) groups is 1. The van der Waals surface area contributed by atoms with E-state index in [9.17, 15) is 9.00 Å². The van der Waals surface area contributed by atoms with E-state index in [2.05, 4.69) is 5.32 Å². The molecule has 0 radical (unpaired) electrons. The van der Waals surface area contributed by atoms with Gasteiger partial charge in [0, 0.05) is 6.42 Å². The molecule has 1 amide bonds. The van der Waals surface area contributed by atoms with Gasteiger partial charge in [-0.1, -0.05) is 30.3 Å². The molecule has 6 heteroatoms. The molecule has 0 spiro atoms. The van der Waals surface area contributed by atoms with Crippen LogP contribution in [0, 0.1) is 0 Å². The van der Waals surface area contributed by atoms with Crippen LogP contribution in [0.2, 0.25) is 0 Å². The predicted molar refractivity (Wildman–Crippen MR) is 64.5 cm³/mol. The van der Waals surface area contributed by atoms with Crippen molar-refractivity contribution in [3.63, 3.8) is 0 Å². The summed E-state index contributed by atoms with van der Waals surface area (Å²) in [4.78, 5) is 11.2. The van der Waals surface area contributed by atoms with E-state index in [0.717, 1.165) is 5.56 Å². The third-order valence-electron chi connectivity index (χ3n) is 2.19. The molecule has 5 nitrogen and oxygen atoms in total. The highest BCUT2D eigenvalue weighted by molar-refractivity contribution is 7.79. The van der Waals surface area contributed by atoms with Gasteiger partial charge in [-0.15, -0.1) is 0 Å². The molecule has 1 aromatic carbocycles. The van der Waals surface area contributed by atoms with Crippen molar-refractivity contribution in [1.82, 2.24) is 5.32 Å². The fourth-order valence-corrected chi connectivity index (χ4v) is 1.83. The van der Waals surface area contributed by atoms with Crippen molar-refractivity contribution in [1.29, 1.82) is 0 Å². The normalized spacial score (nSPS) is 15.9. The second-order valence-corrected chi connectivity index (χ2v) is 4.76. The minimum Gasteiger partial charge on any atom is -0.384 e. The maximum Gasteiger partial charge on any atom is 0.249 e. The number of aliphatic hydroxyl groups is 1. The monoisotopic (exact) mass is 257 g/mol. The van der Waals surface area contributed by atoms with Gasteiger partial charge < -0.3 is 15.0 Å². The molecule has 0 aliphatic heterocycles. The van der Waals surface area contributed by atoms with Gasteiger partial charge in [-0.2, -0.15) is 0 Å². The SMILES string of the molecule is C[C@H](O)C(=O)N[C@@H](Cc1ccccc1)S(=O)O. The number of carbonyl (C=O) groups excluding carboxylic acids is 1. The van der Waals surface area contributed by atoms with Crippen molar-refractivity contribution in [2.45, 2.75) is 24.8 Å². The lowest BCUT2D eigenvalue weighted by Gasteiger charge is -2.16. The molecule has 1 unspecified atom stereocenters. The Morgan fingerprint density at radius 3 is 2.47 bits per heavy atom. The van der Waals surface area contributed by atoms with Crippen LogP contribution >= 0.6 is 0 Å². The minimum atomic E-state index is -2.18. The molecule has 3 atom stereocenters. The molecule has 17 heavy (non-hydrogen) atoms. The van der Waals surface area contributed by atoms with Crippen molar-refractivity contribution in [3.05, 3.63) is 35.9 Å². The van der Waals surface area contributed by atoms with Crippen LogP contribution in [-0.2, 0) is 22.3 Å². The molecule has 0 saturated heterocycles. The van der Waals surface area contributed by atoms with Crippen LogP contribution in [0.15, 0.2) is 30.3 Å². The Bertz CT molecular complexity index is 394. The number of aliphatic hydroxyl groups excluding tert-OH is 1. The molecule has 1 rings (SSSR count). The van der Waals surface area contributed by atoms with Gasteiger partial charge in [-0.05, 0) is 12.5 Å². The Kier molecular flexibility index (Phi) is 5.27. The summed E-state index contributed by atoms with van der Waals surface area (Å²) >= 11 is -2.18. The lowest BCUT2D eigenvalue weighted by molar-refractivity contribution is -0.128. The number of rotatable bonds is 5. The largest absolute Gasteiger partial charge is 0.384 e. The molecular weight excluding hydrogens is 242 g/mol. The molecular formula is C11H15NO4S. The summed E-state index contributed by atoms with van der Waals surface area (Å²) in [6.45, 7) is 1.30. The molecule has 94 valence electrons. The lowest BCUT2D eigenvalue weighted by Crippen LogP contribution is -2.43. The lowest BCUT2D eigenvalue weighted by atomic mass is 10.1. The van der Waals surface area contributed by atoms with Gasteiger partial charge in [0.15, 0.2) is 11.1 Å². The highest BCUT2D eigenvalue weighted by Gasteiger charge is 2.20. The summed E-state index contributed by atoms with van der Waals surface area (Å²) in [7, 11) is 0. The first-order valence-corrected chi connectivity index (χ1v) is 6.29. The number of hydrogen-bond donors (Lipinski definition) is 3. The highest BCUT2D eigenvalue weighted by atomic mass is 32.2. The number of nitrogens with one attached hydrogen (secondary N) is 1. The zero-order chi connectivity index (χ0) is 12.8. The van der Waals surface area contributed by atoms with E-state index in [-0.39, 0.29) is 6.42 Å². The smallest absolute Gasteiger partial charge is 0.249 e. The van der Waals surface area contributed by atoms with Crippen LogP contribution in [0.25, 0.3) is 0 Å². The topological polar surface area (TPSA) is 86.6 Å². The Morgan fingerprint density at radius 1 is 1.41 bits per heavy atom. The maximum atomic E-state index is 11.2. The first kappa shape index (κ1) is 13.8. The molecule has 0 fully saturated rings. The van der Waals surface area contributed by atoms with E-state index in [0.29, 0.717) is 0 Å². The second kappa shape index (κ2) is 6.48.